The average Bonchev–Trinajstić information content (AvgIpc) is 2.41. The van der Waals surface area contributed by atoms with Crippen LogP contribution < -0.4 is 4.90 Å². The first-order valence-corrected chi connectivity index (χ1v) is 6.08. The molecule has 0 atom stereocenters. The van der Waals surface area contributed by atoms with Crippen molar-refractivity contribution < 1.29 is 4.92 Å². The fourth-order valence-corrected chi connectivity index (χ4v) is 1.96. The molecule has 98 valence electrons. The summed E-state index contributed by atoms with van der Waals surface area (Å²) in [5.41, 5.74) is 3.58. The third kappa shape index (κ3) is 3.10. The van der Waals surface area contributed by atoms with Crippen LogP contribution in [0, 0.1) is 17.0 Å². The molecule has 2 rings (SSSR count). The zero-order chi connectivity index (χ0) is 13.8. The van der Waals surface area contributed by atoms with Crippen molar-refractivity contribution in [3.05, 3.63) is 69.8 Å². The molecule has 0 bridgehead atoms. The van der Waals surface area contributed by atoms with E-state index < -0.39 is 0 Å². The van der Waals surface area contributed by atoms with Gasteiger partial charge in [-0.2, -0.15) is 0 Å². The summed E-state index contributed by atoms with van der Waals surface area (Å²) in [6.07, 6.45) is 0. The lowest BCUT2D eigenvalue weighted by Gasteiger charge is -2.20. The summed E-state index contributed by atoms with van der Waals surface area (Å²) < 4.78 is 0. The van der Waals surface area contributed by atoms with Gasteiger partial charge >= 0.3 is 0 Å². The highest BCUT2D eigenvalue weighted by atomic mass is 16.6. The summed E-state index contributed by atoms with van der Waals surface area (Å²) in [6.45, 7) is 2.86. The largest absolute Gasteiger partial charge is 0.370 e. The minimum absolute atomic E-state index is 0.119. The van der Waals surface area contributed by atoms with Crippen molar-refractivity contribution in [1.82, 2.24) is 0 Å². The maximum atomic E-state index is 10.6. The second-order valence-corrected chi connectivity index (χ2v) is 4.56. The Balaban J connectivity index is 2.14. The highest BCUT2D eigenvalue weighted by molar-refractivity contribution is 5.51. The number of benzene rings is 2. The fraction of sp³-hybridized carbons (Fsp3) is 0.200. The molecular formula is C15H16N2O2. The van der Waals surface area contributed by atoms with Crippen LogP contribution in [0.2, 0.25) is 0 Å². The van der Waals surface area contributed by atoms with Crippen LogP contribution in [0.25, 0.3) is 0 Å². The van der Waals surface area contributed by atoms with E-state index in [2.05, 4.69) is 24.0 Å². The molecular weight excluding hydrogens is 240 g/mol. The van der Waals surface area contributed by atoms with Crippen molar-refractivity contribution in [1.29, 1.82) is 0 Å². The summed E-state index contributed by atoms with van der Waals surface area (Å²) in [7, 11) is 1.98. The van der Waals surface area contributed by atoms with Gasteiger partial charge in [0.25, 0.3) is 5.69 Å². The molecule has 0 aliphatic carbocycles. The minimum atomic E-state index is -0.384. The highest BCUT2D eigenvalue weighted by Crippen LogP contribution is 2.20. The first kappa shape index (κ1) is 13.1. The minimum Gasteiger partial charge on any atom is -0.370 e. The molecule has 0 aliphatic rings. The van der Waals surface area contributed by atoms with Crippen LogP contribution >= 0.6 is 0 Å². The maximum absolute atomic E-state index is 10.6. The van der Waals surface area contributed by atoms with Gasteiger partial charge < -0.3 is 4.90 Å². The van der Waals surface area contributed by atoms with Gasteiger partial charge in [0, 0.05) is 31.4 Å². The van der Waals surface area contributed by atoms with Crippen LogP contribution in [0.5, 0.6) is 0 Å². The van der Waals surface area contributed by atoms with Gasteiger partial charge in [-0.3, -0.25) is 10.1 Å². The van der Waals surface area contributed by atoms with Crippen LogP contribution in [0.3, 0.4) is 0 Å². The number of hydrogen-bond donors (Lipinski definition) is 0. The molecule has 4 nitrogen and oxygen atoms in total. The van der Waals surface area contributed by atoms with Gasteiger partial charge in [-0.25, -0.2) is 0 Å². The van der Waals surface area contributed by atoms with E-state index in [1.165, 1.54) is 23.3 Å². The molecule has 0 amide bonds. The van der Waals surface area contributed by atoms with E-state index in [0.29, 0.717) is 0 Å². The lowest BCUT2D eigenvalue weighted by molar-refractivity contribution is -0.384. The van der Waals surface area contributed by atoms with E-state index >= 15 is 0 Å². The van der Waals surface area contributed by atoms with E-state index in [1.54, 1.807) is 12.1 Å². The first-order valence-electron chi connectivity index (χ1n) is 6.08. The normalized spacial score (nSPS) is 10.2. The SMILES string of the molecule is Cc1ccccc1CN(C)c1ccc([N+](=O)[O-])cc1. The van der Waals surface area contributed by atoms with Crippen molar-refractivity contribution in [3.63, 3.8) is 0 Å². The molecule has 0 N–H and O–H groups in total. The summed E-state index contributed by atoms with van der Waals surface area (Å²) in [4.78, 5) is 12.3. The summed E-state index contributed by atoms with van der Waals surface area (Å²) in [5.74, 6) is 0. The van der Waals surface area contributed by atoms with Crippen molar-refractivity contribution in [2.24, 2.45) is 0 Å². The van der Waals surface area contributed by atoms with E-state index in [-0.39, 0.29) is 10.6 Å². The average molecular weight is 256 g/mol. The number of non-ortho nitro benzene ring substituents is 1. The molecule has 19 heavy (non-hydrogen) atoms. The number of nitro benzene ring substituents is 1. The zero-order valence-corrected chi connectivity index (χ0v) is 11.0. The van der Waals surface area contributed by atoms with Crippen LogP contribution in [0.15, 0.2) is 48.5 Å². The van der Waals surface area contributed by atoms with Crippen molar-refractivity contribution in [2.75, 3.05) is 11.9 Å². The molecule has 0 spiro atoms. The lowest BCUT2D eigenvalue weighted by atomic mass is 10.1. The number of hydrogen-bond acceptors (Lipinski definition) is 3. The van der Waals surface area contributed by atoms with E-state index in [0.717, 1.165) is 12.2 Å². The molecule has 0 aliphatic heterocycles. The lowest BCUT2D eigenvalue weighted by Crippen LogP contribution is -2.16. The Bertz CT molecular complexity index is 579. The summed E-state index contributed by atoms with van der Waals surface area (Å²) in [5, 5.41) is 10.6. The van der Waals surface area contributed by atoms with Crippen LogP contribution in [0.4, 0.5) is 11.4 Å². The number of nitro groups is 1. The Morgan fingerprint density at radius 3 is 2.32 bits per heavy atom. The second-order valence-electron chi connectivity index (χ2n) is 4.56. The van der Waals surface area contributed by atoms with Crippen LogP contribution in [-0.4, -0.2) is 12.0 Å². The molecule has 0 fully saturated rings. The predicted molar refractivity (Wildman–Crippen MR) is 76.4 cm³/mol. The van der Waals surface area contributed by atoms with E-state index in [1.807, 2.05) is 19.2 Å². The first-order chi connectivity index (χ1) is 9.08. The Morgan fingerprint density at radius 1 is 1.11 bits per heavy atom. The van der Waals surface area contributed by atoms with Gasteiger partial charge in [0.15, 0.2) is 0 Å². The van der Waals surface area contributed by atoms with Crippen molar-refractivity contribution in [3.8, 4) is 0 Å². The van der Waals surface area contributed by atoms with E-state index in [4.69, 9.17) is 0 Å². The van der Waals surface area contributed by atoms with Crippen molar-refractivity contribution >= 4 is 11.4 Å². The van der Waals surface area contributed by atoms with Gasteiger partial charge in [0.2, 0.25) is 0 Å². The van der Waals surface area contributed by atoms with Gasteiger partial charge in [-0.15, -0.1) is 0 Å². The smallest absolute Gasteiger partial charge is 0.269 e. The number of aryl methyl sites for hydroxylation is 1. The molecule has 0 saturated carbocycles. The van der Waals surface area contributed by atoms with E-state index in [9.17, 15) is 10.1 Å². The molecule has 4 heteroatoms. The number of anilines is 1. The Kier molecular flexibility index (Phi) is 3.80. The zero-order valence-electron chi connectivity index (χ0n) is 11.0. The molecule has 0 unspecified atom stereocenters. The topological polar surface area (TPSA) is 46.4 Å². The molecule has 0 aromatic heterocycles. The van der Waals surface area contributed by atoms with Crippen LogP contribution in [0.1, 0.15) is 11.1 Å². The standard InChI is InChI=1S/C15H16N2O2/c1-12-5-3-4-6-13(12)11-16(2)14-7-9-15(10-8-14)17(18)19/h3-10H,11H2,1-2H3. The molecule has 0 saturated heterocycles. The Labute approximate surface area is 112 Å². The third-order valence-electron chi connectivity index (χ3n) is 3.17. The fourth-order valence-electron chi connectivity index (χ4n) is 1.96. The summed E-state index contributed by atoms with van der Waals surface area (Å²) >= 11 is 0. The number of rotatable bonds is 4. The van der Waals surface area contributed by atoms with Gasteiger partial charge in [-0.1, -0.05) is 24.3 Å². The molecule has 2 aromatic carbocycles. The van der Waals surface area contributed by atoms with Gasteiger partial charge in [0.05, 0.1) is 4.92 Å². The molecule has 0 radical (unpaired) electrons. The monoisotopic (exact) mass is 256 g/mol. The second kappa shape index (κ2) is 5.52. The quantitative estimate of drug-likeness (QED) is 0.621. The Hall–Kier alpha value is -2.36. The Morgan fingerprint density at radius 2 is 1.74 bits per heavy atom. The predicted octanol–water partition coefficient (Wildman–Crippen LogP) is 3.54. The van der Waals surface area contributed by atoms with Crippen LogP contribution in [-0.2, 0) is 6.54 Å². The molecule has 0 heterocycles. The third-order valence-corrected chi connectivity index (χ3v) is 3.17. The highest BCUT2D eigenvalue weighted by Gasteiger charge is 2.07. The van der Waals surface area contributed by atoms with Crippen molar-refractivity contribution in [2.45, 2.75) is 13.5 Å². The summed E-state index contributed by atoms with van der Waals surface area (Å²) in [6, 6.07) is 14.8. The van der Waals surface area contributed by atoms with Gasteiger partial charge in [0.1, 0.15) is 0 Å². The molecule has 2 aromatic rings. The maximum Gasteiger partial charge on any atom is 0.269 e. The van der Waals surface area contributed by atoms with Gasteiger partial charge in [-0.05, 0) is 30.2 Å². The number of nitrogens with zero attached hydrogens (tertiary/aromatic N) is 2.